The van der Waals surface area contributed by atoms with Gasteiger partial charge in [-0.15, -0.1) is 0 Å². The van der Waals surface area contributed by atoms with Crippen LogP contribution in [0.4, 0.5) is 0 Å². The number of benzene rings is 1. The van der Waals surface area contributed by atoms with Crippen molar-refractivity contribution in [3.8, 4) is 5.75 Å². The number of aliphatic imine (C=N–C) groups is 1. The fraction of sp³-hybridized carbons (Fsp3) is 0.417. The maximum atomic E-state index is 5.30. The number of methoxy groups -OCH3 is 1. The molecule has 0 saturated heterocycles. The SMILES string of the molecule is COc1cc2c(cc1C)CCN=C2C. The van der Waals surface area contributed by atoms with Crippen LogP contribution in [0.15, 0.2) is 17.1 Å². The largest absolute Gasteiger partial charge is 0.496 e. The molecule has 0 amide bonds. The number of nitrogens with zero attached hydrogens (tertiary/aromatic N) is 1. The first-order valence-corrected chi connectivity index (χ1v) is 4.91. The molecule has 0 saturated carbocycles. The standard InChI is InChI=1S/C12H15NO/c1-8-6-10-4-5-13-9(2)11(10)7-12(8)14-3/h6-7H,4-5H2,1-3H3. The number of aryl methyl sites for hydroxylation is 1. The third-order valence-electron chi connectivity index (χ3n) is 2.74. The van der Waals surface area contributed by atoms with E-state index < -0.39 is 0 Å². The van der Waals surface area contributed by atoms with E-state index in [1.165, 1.54) is 16.7 Å². The first-order chi connectivity index (χ1) is 6.72. The van der Waals surface area contributed by atoms with E-state index >= 15 is 0 Å². The van der Waals surface area contributed by atoms with E-state index in [0.717, 1.165) is 24.4 Å². The van der Waals surface area contributed by atoms with Crippen molar-refractivity contribution in [1.29, 1.82) is 0 Å². The molecule has 2 heteroatoms. The van der Waals surface area contributed by atoms with Gasteiger partial charge in [-0.05, 0) is 37.5 Å². The molecule has 1 aliphatic rings. The summed E-state index contributed by atoms with van der Waals surface area (Å²) in [5.74, 6) is 0.959. The van der Waals surface area contributed by atoms with Crippen LogP contribution in [0, 0.1) is 6.92 Å². The van der Waals surface area contributed by atoms with Crippen LogP contribution in [0.25, 0.3) is 0 Å². The molecule has 2 rings (SSSR count). The minimum Gasteiger partial charge on any atom is -0.496 e. The van der Waals surface area contributed by atoms with Gasteiger partial charge in [-0.25, -0.2) is 0 Å². The van der Waals surface area contributed by atoms with Crippen LogP contribution in [-0.4, -0.2) is 19.4 Å². The quantitative estimate of drug-likeness (QED) is 0.664. The summed E-state index contributed by atoms with van der Waals surface area (Å²) in [5.41, 5.74) is 4.99. The van der Waals surface area contributed by atoms with E-state index in [4.69, 9.17) is 4.74 Å². The highest BCUT2D eigenvalue weighted by molar-refractivity contribution is 6.01. The number of rotatable bonds is 1. The summed E-state index contributed by atoms with van der Waals surface area (Å²) in [6.07, 6.45) is 1.05. The highest BCUT2D eigenvalue weighted by atomic mass is 16.5. The second-order valence-corrected chi connectivity index (χ2v) is 3.70. The molecule has 1 aromatic carbocycles. The number of ether oxygens (including phenoxy) is 1. The van der Waals surface area contributed by atoms with Crippen LogP contribution in [0.3, 0.4) is 0 Å². The Bertz CT molecular complexity index is 394. The first-order valence-electron chi connectivity index (χ1n) is 4.91. The Morgan fingerprint density at radius 1 is 1.29 bits per heavy atom. The average Bonchev–Trinajstić information content (AvgIpc) is 2.17. The molecule has 2 nitrogen and oxygen atoms in total. The molecule has 1 aliphatic heterocycles. The predicted octanol–water partition coefficient (Wildman–Crippen LogP) is 2.37. The summed E-state index contributed by atoms with van der Waals surface area (Å²) >= 11 is 0. The molecule has 0 unspecified atom stereocenters. The Hall–Kier alpha value is -1.31. The highest BCUT2D eigenvalue weighted by Crippen LogP contribution is 2.25. The zero-order chi connectivity index (χ0) is 10.1. The Kier molecular flexibility index (Phi) is 2.28. The normalized spacial score (nSPS) is 14.6. The third kappa shape index (κ3) is 1.41. The highest BCUT2D eigenvalue weighted by Gasteiger charge is 2.13. The Balaban J connectivity index is 2.57. The van der Waals surface area contributed by atoms with Crippen LogP contribution in [0.5, 0.6) is 5.75 Å². The van der Waals surface area contributed by atoms with Crippen LogP contribution < -0.4 is 4.74 Å². The van der Waals surface area contributed by atoms with E-state index in [0.29, 0.717) is 0 Å². The lowest BCUT2D eigenvalue weighted by Crippen LogP contribution is -2.10. The van der Waals surface area contributed by atoms with Crippen molar-refractivity contribution in [3.63, 3.8) is 0 Å². The second-order valence-electron chi connectivity index (χ2n) is 3.70. The van der Waals surface area contributed by atoms with Crippen molar-refractivity contribution in [3.05, 3.63) is 28.8 Å². The molecule has 0 radical (unpaired) electrons. The fourth-order valence-corrected chi connectivity index (χ4v) is 1.94. The van der Waals surface area contributed by atoms with Gasteiger partial charge in [0.15, 0.2) is 0 Å². The number of fused-ring (bicyclic) bond motifs is 1. The molecule has 0 aliphatic carbocycles. The van der Waals surface area contributed by atoms with Gasteiger partial charge in [-0.1, -0.05) is 6.07 Å². The predicted molar refractivity (Wildman–Crippen MR) is 58.5 cm³/mol. The van der Waals surface area contributed by atoms with Gasteiger partial charge in [0.25, 0.3) is 0 Å². The lowest BCUT2D eigenvalue weighted by atomic mass is 9.96. The van der Waals surface area contributed by atoms with Crippen molar-refractivity contribution in [2.24, 2.45) is 4.99 Å². The lowest BCUT2D eigenvalue weighted by Gasteiger charge is -2.17. The average molecular weight is 189 g/mol. The molecule has 0 spiro atoms. The Morgan fingerprint density at radius 3 is 2.79 bits per heavy atom. The summed E-state index contributed by atoms with van der Waals surface area (Å²) in [5, 5.41) is 0. The number of hydrogen-bond acceptors (Lipinski definition) is 2. The van der Waals surface area contributed by atoms with Crippen molar-refractivity contribution in [2.45, 2.75) is 20.3 Å². The van der Waals surface area contributed by atoms with Gasteiger partial charge < -0.3 is 4.74 Å². The first kappa shape index (κ1) is 9.25. The summed E-state index contributed by atoms with van der Waals surface area (Å²) in [7, 11) is 1.71. The minimum atomic E-state index is 0.921. The van der Waals surface area contributed by atoms with E-state index in [-0.39, 0.29) is 0 Å². The van der Waals surface area contributed by atoms with Gasteiger partial charge in [0.1, 0.15) is 5.75 Å². The molecule has 0 N–H and O–H groups in total. The van der Waals surface area contributed by atoms with Crippen molar-refractivity contribution < 1.29 is 4.74 Å². The summed E-state index contributed by atoms with van der Waals surface area (Å²) < 4.78 is 5.30. The maximum Gasteiger partial charge on any atom is 0.122 e. The van der Waals surface area contributed by atoms with E-state index in [9.17, 15) is 0 Å². The van der Waals surface area contributed by atoms with Gasteiger partial charge in [0.05, 0.1) is 7.11 Å². The van der Waals surface area contributed by atoms with Crippen molar-refractivity contribution >= 4 is 5.71 Å². The van der Waals surface area contributed by atoms with Gasteiger partial charge in [0, 0.05) is 17.8 Å². The zero-order valence-electron chi connectivity index (χ0n) is 8.92. The molecule has 1 heterocycles. The summed E-state index contributed by atoms with van der Waals surface area (Å²) in [6, 6.07) is 4.31. The molecule has 1 aromatic rings. The number of hydrogen-bond donors (Lipinski definition) is 0. The smallest absolute Gasteiger partial charge is 0.122 e. The summed E-state index contributed by atoms with van der Waals surface area (Å²) in [6.45, 7) is 5.07. The maximum absolute atomic E-state index is 5.30. The minimum absolute atomic E-state index is 0.921. The molecule has 0 fully saturated rings. The monoisotopic (exact) mass is 189 g/mol. The van der Waals surface area contributed by atoms with Gasteiger partial charge in [0.2, 0.25) is 0 Å². The molecule has 74 valence electrons. The molecular weight excluding hydrogens is 174 g/mol. The zero-order valence-corrected chi connectivity index (χ0v) is 8.92. The topological polar surface area (TPSA) is 21.6 Å². The summed E-state index contributed by atoms with van der Waals surface area (Å²) in [4.78, 5) is 4.44. The molecule has 0 aromatic heterocycles. The van der Waals surface area contributed by atoms with E-state index in [1.54, 1.807) is 7.11 Å². The van der Waals surface area contributed by atoms with Crippen LogP contribution in [0.1, 0.15) is 23.6 Å². The molecular formula is C12H15NO. The second kappa shape index (κ2) is 3.45. The van der Waals surface area contributed by atoms with Gasteiger partial charge in [-0.3, -0.25) is 4.99 Å². The molecule has 0 bridgehead atoms. The fourth-order valence-electron chi connectivity index (χ4n) is 1.94. The van der Waals surface area contributed by atoms with Crippen molar-refractivity contribution in [2.75, 3.05) is 13.7 Å². The van der Waals surface area contributed by atoms with E-state index in [2.05, 4.69) is 31.0 Å². The van der Waals surface area contributed by atoms with Crippen LogP contribution in [0.2, 0.25) is 0 Å². The molecule has 0 atom stereocenters. The Morgan fingerprint density at radius 2 is 2.07 bits per heavy atom. The van der Waals surface area contributed by atoms with Crippen LogP contribution >= 0.6 is 0 Å². The van der Waals surface area contributed by atoms with E-state index in [1.807, 2.05) is 0 Å². The van der Waals surface area contributed by atoms with Crippen molar-refractivity contribution in [1.82, 2.24) is 0 Å². The van der Waals surface area contributed by atoms with Gasteiger partial charge >= 0.3 is 0 Å². The van der Waals surface area contributed by atoms with Gasteiger partial charge in [-0.2, -0.15) is 0 Å². The Labute approximate surface area is 84.6 Å². The van der Waals surface area contributed by atoms with Crippen LogP contribution in [-0.2, 0) is 6.42 Å². The lowest BCUT2D eigenvalue weighted by molar-refractivity contribution is 0.411. The molecule has 14 heavy (non-hydrogen) atoms. The third-order valence-corrected chi connectivity index (χ3v) is 2.74.